The van der Waals surface area contributed by atoms with Crippen LogP contribution in [0.4, 0.5) is 0 Å². The summed E-state index contributed by atoms with van der Waals surface area (Å²) < 4.78 is 5.88. The summed E-state index contributed by atoms with van der Waals surface area (Å²) in [7, 11) is 0. The molecule has 1 amide bonds. The van der Waals surface area contributed by atoms with Gasteiger partial charge < -0.3 is 9.64 Å². The van der Waals surface area contributed by atoms with Gasteiger partial charge in [-0.05, 0) is 73.9 Å². The molecule has 1 aromatic rings. The Morgan fingerprint density at radius 2 is 1.96 bits per heavy atom. The first-order valence-corrected chi connectivity index (χ1v) is 10.4. The number of ether oxygens (including phenoxy) is 1. The fraction of sp³-hybridized carbons (Fsp3) is 0.400. The minimum absolute atomic E-state index is 0.217. The van der Waals surface area contributed by atoms with Gasteiger partial charge in [0, 0.05) is 13.0 Å². The standard InChI is InChI=1S/C25H31NO2/c1-4-19(2)24-11-8-18-26(24)25(27)17-12-20(3)21-13-15-23(16-14-21)28-22-9-6-5-7-10-22/h6,9-10,13-16,24H,2-5,7-8,11-12,17-18H2,1H3. The van der Waals surface area contributed by atoms with Gasteiger partial charge in [0.1, 0.15) is 11.5 Å². The van der Waals surface area contributed by atoms with E-state index < -0.39 is 0 Å². The molecule has 1 heterocycles. The van der Waals surface area contributed by atoms with Crippen LogP contribution >= 0.6 is 0 Å². The van der Waals surface area contributed by atoms with Crippen LogP contribution in [0.2, 0.25) is 0 Å². The Balaban J connectivity index is 1.51. The van der Waals surface area contributed by atoms with Crippen molar-refractivity contribution in [3.05, 3.63) is 72.5 Å². The third-order valence-corrected chi connectivity index (χ3v) is 5.60. The number of nitrogens with zero attached hydrogens (tertiary/aromatic N) is 1. The summed E-state index contributed by atoms with van der Waals surface area (Å²) in [6, 6.07) is 8.20. The first kappa shape index (κ1) is 20.2. The zero-order valence-electron chi connectivity index (χ0n) is 17.0. The summed E-state index contributed by atoms with van der Waals surface area (Å²) in [5, 5.41) is 0. The van der Waals surface area contributed by atoms with Crippen molar-refractivity contribution in [3.63, 3.8) is 0 Å². The Labute approximate surface area is 169 Å². The van der Waals surface area contributed by atoms with Crippen LogP contribution in [0.25, 0.3) is 5.57 Å². The van der Waals surface area contributed by atoms with E-state index in [4.69, 9.17) is 4.74 Å². The van der Waals surface area contributed by atoms with Gasteiger partial charge in [-0.1, -0.05) is 43.9 Å². The normalized spacial score (nSPS) is 18.7. The molecule has 0 saturated carbocycles. The van der Waals surface area contributed by atoms with Crippen molar-refractivity contribution in [2.75, 3.05) is 6.54 Å². The molecule has 2 aliphatic rings. The van der Waals surface area contributed by atoms with E-state index in [0.717, 1.165) is 61.3 Å². The molecule has 148 valence electrons. The molecular formula is C25H31NO2. The van der Waals surface area contributed by atoms with Gasteiger partial charge in [0.15, 0.2) is 0 Å². The molecule has 0 bridgehead atoms. The van der Waals surface area contributed by atoms with Gasteiger partial charge in [0.25, 0.3) is 0 Å². The predicted octanol–water partition coefficient (Wildman–Crippen LogP) is 6.05. The van der Waals surface area contributed by atoms with E-state index in [1.54, 1.807) is 0 Å². The minimum Gasteiger partial charge on any atom is -0.458 e. The van der Waals surface area contributed by atoms with E-state index in [-0.39, 0.29) is 11.9 Å². The highest BCUT2D eigenvalue weighted by Crippen LogP contribution is 2.27. The first-order chi connectivity index (χ1) is 13.6. The third kappa shape index (κ3) is 5.03. The molecule has 1 aromatic carbocycles. The van der Waals surface area contributed by atoms with Crippen LogP contribution < -0.4 is 4.74 Å². The number of benzene rings is 1. The van der Waals surface area contributed by atoms with Gasteiger partial charge in [-0.15, -0.1) is 0 Å². The van der Waals surface area contributed by atoms with Crippen molar-refractivity contribution in [2.24, 2.45) is 0 Å². The molecule has 1 fully saturated rings. The molecule has 1 saturated heterocycles. The van der Waals surface area contributed by atoms with Crippen LogP contribution in [0.3, 0.4) is 0 Å². The lowest BCUT2D eigenvalue weighted by atomic mass is 10.0. The van der Waals surface area contributed by atoms with Crippen LogP contribution in [0.15, 0.2) is 67.0 Å². The number of hydrogen-bond donors (Lipinski definition) is 0. The lowest BCUT2D eigenvalue weighted by Crippen LogP contribution is -2.36. The largest absolute Gasteiger partial charge is 0.458 e. The zero-order valence-corrected chi connectivity index (χ0v) is 17.0. The SMILES string of the molecule is C=C(CCC(=O)N1CCCC1C(=C)CC)c1ccc(OC2=CCCC=C2)cc1. The molecular weight excluding hydrogens is 346 g/mol. The number of carbonyl (C=O) groups is 1. The van der Waals surface area contributed by atoms with Gasteiger partial charge in [0.05, 0.1) is 6.04 Å². The third-order valence-electron chi connectivity index (χ3n) is 5.60. The number of hydrogen-bond acceptors (Lipinski definition) is 2. The van der Waals surface area contributed by atoms with Crippen LogP contribution in [0.1, 0.15) is 57.4 Å². The number of allylic oxidation sites excluding steroid dienone is 4. The Morgan fingerprint density at radius 1 is 1.18 bits per heavy atom. The van der Waals surface area contributed by atoms with Crippen molar-refractivity contribution in [2.45, 2.75) is 57.9 Å². The van der Waals surface area contributed by atoms with Crippen molar-refractivity contribution in [1.29, 1.82) is 0 Å². The monoisotopic (exact) mass is 377 g/mol. The number of rotatable bonds is 8. The van der Waals surface area contributed by atoms with Gasteiger partial charge in [0.2, 0.25) is 5.91 Å². The highest BCUT2D eigenvalue weighted by molar-refractivity contribution is 5.79. The quantitative estimate of drug-likeness (QED) is 0.516. The predicted molar refractivity (Wildman–Crippen MR) is 116 cm³/mol. The first-order valence-electron chi connectivity index (χ1n) is 10.4. The lowest BCUT2D eigenvalue weighted by Gasteiger charge is -2.26. The summed E-state index contributed by atoms with van der Waals surface area (Å²) in [4.78, 5) is 14.7. The number of carbonyl (C=O) groups excluding carboxylic acids is 1. The van der Waals surface area contributed by atoms with Gasteiger partial charge >= 0.3 is 0 Å². The van der Waals surface area contributed by atoms with E-state index >= 15 is 0 Å². The summed E-state index contributed by atoms with van der Waals surface area (Å²) in [5.41, 5.74) is 3.22. The van der Waals surface area contributed by atoms with Crippen molar-refractivity contribution < 1.29 is 9.53 Å². The van der Waals surface area contributed by atoms with E-state index in [2.05, 4.69) is 32.2 Å². The van der Waals surface area contributed by atoms with Gasteiger partial charge in [-0.3, -0.25) is 4.79 Å². The van der Waals surface area contributed by atoms with Crippen LogP contribution in [0.5, 0.6) is 5.75 Å². The molecule has 1 atom stereocenters. The maximum atomic E-state index is 12.7. The van der Waals surface area contributed by atoms with E-state index in [1.807, 2.05) is 35.2 Å². The second-order valence-electron chi connectivity index (χ2n) is 7.57. The van der Waals surface area contributed by atoms with Gasteiger partial charge in [-0.25, -0.2) is 0 Å². The Morgan fingerprint density at radius 3 is 2.64 bits per heavy atom. The van der Waals surface area contributed by atoms with Crippen molar-refractivity contribution >= 4 is 11.5 Å². The second kappa shape index (κ2) is 9.59. The highest BCUT2D eigenvalue weighted by atomic mass is 16.5. The van der Waals surface area contributed by atoms with Crippen LogP contribution in [0, 0.1) is 0 Å². The fourth-order valence-corrected chi connectivity index (χ4v) is 3.83. The Bertz CT molecular complexity index is 785. The molecule has 3 heteroatoms. The smallest absolute Gasteiger partial charge is 0.223 e. The minimum atomic E-state index is 0.217. The van der Waals surface area contributed by atoms with Gasteiger partial charge in [-0.2, -0.15) is 0 Å². The molecule has 1 aliphatic carbocycles. The molecule has 28 heavy (non-hydrogen) atoms. The topological polar surface area (TPSA) is 29.5 Å². The van der Waals surface area contributed by atoms with E-state index in [0.29, 0.717) is 12.8 Å². The summed E-state index contributed by atoms with van der Waals surface area (Å²) in [6.45, 7) is 11.3. The second-order valence-corrected chi connectivity index (χ2v) is 7.57. The maximum Gasteiger partial charge on any atom is 0.223 e. The molecule has 0 spiro atoms. The van der Waals surface area contributed by atoms with Crippen LogP contribution in [-0.4, -0.2) is 23.4 Å². The molecule has 1 aliphatic heterocycles. The highest BCUT2D eigenvalue weighted by Gasteiger charge is 2.29. The summed E-state index contributed by atoms with van der Waals surface area (Å²) in [5.74, 6) is 1.94. The number of likely N-dealkylation sites (tertiary alicyclic amines) is 1. The van der Waals surface area contributed by atoms with E-state index in [9.17, 15) is 4.79 Å². The maximum absolute atomic E-state index is 12.7. The summed E-state index contributed by atoms with van der Waals surface area (Å²) >= 11 is 0. The number of amides is 1. The molecule has 0 aromatic heterocycles. The average molecular weight is 378 g/mol. The zero-order chi connectivity index (χ0) is 19.9. The molecule has 3 rings (SSSR count). The average Bonchev–Trinajstić information content (AvgIpc) is 3.22. The molecule has 0 N–H and O–H groups in total. The van der Waals surface area contributed by atoms with Crippen LogP contribution in [-0.2, 0) is 4.79 Å². The molecule has 3 nitrogen and oxygen atoms in total. The van der Waals surface area contributed by atoms with E-state index in [1.165, 1.54) is 5.57 Å². The van der Waals surface area contributed by atoms with Crippen molar-refractivity contribution in [1.82, 2.24) is 4.90 Å². The van der Waals surface area contributed by atoms with Crippen molar-refractivity contribution in [3.8, 4) is 5.75 Å². The Kier molecular flexibility index (Phi) is 6.91. The lowest BCUT2D eigenvalue weighted by molar-refractivity contribution is -0.131. The summed E-state index contributed by atoms with van der Waals surface area (Å²) in [6.07, 6.45) is 12.6. The Hall–Kier alpha value is -2.55. The molecule has 0 radical (unpaired) electrons. The fourth-order valence-electron chi connectivity index (χ4n) is 3.83. The molecule has 1 unspecified atom stereocenters.